The zero-order chi connectivity index (χ0) is 13.0. The lowest BCUT2D eigenvalue weighted by Crippen LogP contribution is -2.47. The first-order valence-corrected chi connectivity index (χ1v) is 5.93. The first-order chi connectivity index (χ1) is 7.20. The van der Waals surface area contributed by atoms with E-state index in [0.29, 0.717) is 18.1 Å². The minimum atomic E-state index is 0.346. The Labute approximate surface area is 102 Å². The average molecular weight is 221 g/mol. The molecule has 0 aliphatic rings. The lowest BCUT2D eigenvalue weighted by molar-refractivity contribution is 0.160. The Hall–Kier alpha value is -0.820. The summed E-state index contributed by atoms with van der Waals surface area (Å²) in [6.45, 7) is 25.0. The average Bonchev–Trinajstić information content (AvgIpc) is 2.16. The summed E-state index contributed by atoms with van der Waals surface area (Å²) in [4.78, 5) is 2.42. The van der Waals surface area contributed by atoms with Gasteiger partial charge in [0.2, 0.25) is 0 Å². The lowest BCUT2D eigenvalue weighted by atomic mass is 9.99. The van der Waals surface area contributed by atoms with Crippen molar-refractivity contribution < 1.29 is 0 Å². The van der Waals surface area contributed by atoms with Crippen LogP contribution in [0.15, 0.2) is 36.5 Å². The van der Waals surface area contributed by atoms with E-state index in [9.17, 15) is 0 Å². The molecule has 1 nitrogen and oxygen atoms in total. The largest absolute Gasteiger partial charge is 0.284 e. The third-order valence-corrected chi connectivity index (χ3v) is 3.48. The fourth-order valence-electron chi connectivity index (χ4n) is 1.77. The van der Waals surface area contributed by atoms with Crippen LogP contribution in [0.4, 0.5) is 0 Å². The first-order valence-electron chi connectivity index (χ1n) is 5.93. The van der Waals surface area contributed by atoms with Gasteiger partial charge in [-0.1, -0.05) is 36.5 Å². The zero-order valence-electron chi connectivity index (χ0n) is 11.8. The Bertz CT molecular complexity index is 240. The summed E-state index contributed by atoms with van der Waals surface area (Å²) in [5.74, 6) is 0. The van der Waals surface area contributed by atoms with E-state index >= 15 is 0 Å². The number of nitrogens with zero attached hydrogens (tertiary/aromatic N) is 1. The molecule has 0 radical (unpaired) electrons. The van der Waals surface area contributed by atoms with Crippen molar-refractivity contribution in [2.75, 3.05) is 0 Å². The van der Waals surface area contributed by atoms with Gasteiger partial charge >= 0.3 is 0 Å². The zero-order valence-corrected chi connectivity index (χ0v) is 11.8. The van der Waals surface area contributed by atoms with E-state index in [2.05, 4.69) is 66.2 Å². The van der Waals surface area contributed by atoms with Gasteiger partial charge in [-0.3, -0.25) is 4.90 Å². The number of rotatable bonds is 6. The molecule has 3 atom stereocenters. The minimum absolute atomic E-state index is 0.346. The maximum atomic E-state index is 4.06. The van der Waals surface area contributed by atoms with E-state index in [1.165, 1.54) is 16.7 Å². The highest BCUT2D eigenvalue weighted by molar-refractivity contribution is 5.13. The van der Waals surface area contributed by atoms with E-state index in [1.807, 2.05) is 0 Å². The summed E-state index contributed by atoms with van der Waals surface area (Å²) in [6.07, 6.45) is 0. The van der Waals surface area contributed by atoms with E-state index in [0.717, 1.165) is 0 Å². The topological polar surface area (TPSA) is 3.24 Å². The SMILES string of the molecule is C=C(C)C(C)N(C(C)C(=C)C)C(C)C(=C)C. The molecular weight excluding hydrogens is 194 g/mol. The fourth-order valence-corrected chi connectivity index (χ4v) is 1.77. The van der Waals surface area contributed by atoms with Crippen molar-refractivity contribution >= 4 is 0 Å². The van der Waals surface area contributed by atoms with E-state index in [1.54, 1.807) is 0 Å². The van der Waals surface area contributed by atoms with Crippen molar-refractivity contribution in [2.24, 2.45) is 0 Å². The van der Waals surface area contributed by atoms with Crippen LogP contribution < -0.4 is 0 Å². The first kappa shape index (κ1) is 15.2. The molecule has 16 heavy (non-hydrogen) atoms. The predicted molar refractivity (Wildman–Crippen MR) is 74.7 cm³/mol. The van der Waals surface area contributed by atoms with Crippen molar-refractivity contribution in [3.05, 3.63) is 36.5 Å². The molecule has 0 aliphatic carbocycles. The molecule has 0 bridgehead atoms. The Morgan fingerprint density at radius 2 is 0.875 bits per heavy atom. The monoisotopic (exact) mass is 221 g/mol. The molecule has 0 aliphatic heterocycles. The summed E-state index contributed by atoms with van der Waals surface area (Å²) < 4.78 is 0. The Kier molecular flexibility index (Phi) is 5.74. The minimum Gasteiger partial charge on any atom is -0.284 e. The second-order valence-electron chi connectivity index (χ2n) is 5.01. The molecule has 1 heteroatoms. The normalized spacial score (nSPS) is 16.7. The van der Waals surface area contributed by atoms with Crippen LogP contribution in [0.2, 0.25) is 0 Å². The quantitative estimate of drug-likeness (QED) is 0.608. The molecular formula is C15H27N. The predicted octanol–water partition coefficient (Wildman–Crippen LogP) is 4.18. The molecule has 0 spiro atoms. The van der Waals surface area contributed by atoms with Crippen LogP contribution in [0.25, 0.3) is 0 Å². The maximum absolute atomic E-state index is 4.06. The smallest absolute Gasteiger partial charge is 0.0285 e. The maximum Gasteiger partial charge on any atom is 0.0285 e. The highest BCUT2D eigenvalue weighted by Crippen LogP contribution is 2.22. The number of hydrogen-bond donors (Lipinski definition) is 0. The van der Waals surface area contributed by atoms with Gasteiger partial charge in [-0.15, -0.1) is 0 Å². The van der Waals surface area contributed by atoms with E-state index < -0.39 is 0 Å². The highest BCUT2D eigenvalue weighted by Gasteiger charge is 2.26. The van der Waals surface area contributed by atoms with Gasteiger partial charge in [-0.25, -0.2) is 0 Å². The molecule has 3 unspecified atom stereocenters. The van der Waals surface area contributed by atoms with Gasteiger partial charge < -0.3 is 0 Å². The lowest BCUT2D eigenvalue weighted by Gasteiger charge is -2.40. The molecule has 0 aromatic heterocycles. The molecule has 92 valence electrons. The second kappa shape index (κ2) is 6.05. The van der Waals surface area contributed by atoms with Crippen LogP contribution in [0, 0.1) is 0 Å². The fraction of sp³-hybridized carbons (Fsp3) is 0.600. The van der Waals surface area contributed by atoms with E-state index in [-0.39, 0.29) is 0 Å². The van der Waals surface area contributed by atoms with Gasteiger partial charge in [-0.2, -0.15) is 0 Å². The van der Waals surface area contributed by atoms with Crippen LogP contribution in [-0.2, 0) is 0 Å². The molecule has 0 rings (SSSR count). The summed E-state index contributed by atoms with van der Waals surface area (Å²) >= 11 is 0. The molecule has 0 aromatic rings. The molecule has 0 heterocycles. The van der Waals surface area contributed by atoms with Crippen molar-refractivity contribution in [3.8, 4) is 0 Å². The third kappa shape index (κ3) is 3.64. The molecule has 0 N–H and O–H groups in total. The van der Waals surface area contributed by atoms with Gasteiger partial charge in [-0.05, 0) is 41.5 Å². The van der Waals surface area contributed by atoms with Gasteiger partial charge in [0, 0.05) is 18.1 Å². The summed E-state index contributed by atoms with van der Waals surface area (Å²) in [6, 6.07) is 1.04. The van der Waals surface area contributed by atoms with Crippen molar-refractivity contribution in [3.63, 3.8) is 0 Å². The van der Waals surface area contributed by atoms with Gasteiger partial charge in [0.15, 0.2) is 0 Å². The molecule has 0 saturated carbocycles. The van der Waals surface area contributed by atoms with Crippen LogP contribution in [0.3, 0.4) is 0 Å². The third-order valence-electron chi connectivity index (χ3n) is 3.48. The van der Waals surface area contributed by atoms with Gasteiger partial charge in [0.1, 0.15) is 0 Å². The molecule has 0 aromatic carbocycles. The summed E-state index contributed by atoms with van der Waals surface area (Å²) in [5.41, 5.74) is 3.55. The number of hydrogen-bond acceptors (Lipinski definition) is 1. The Morgan fingerprint density at radius 1 is 0.688 bits per heavy atom. The summed E-state index contributed by atoms with van der Waals surface area (Å²) in [5, 5.41) is 0. The highest BCUT2D eigenvalue weighted by atomic mass is 15.2. The molecule has 0 saturated heterocycles. The van der Waals surface area contributed by atoms with Gasteiger partial charge in [0.05, 0.1) is 0 Å². The van der Waals surface area contributed by atoms with Crippen LogP contribution in [-0.4, -0.2) is 23.0 Å². The van der Waals surface area contributed by atoms with Crippen LogP contribution in [0.5, 0.6) is 0 Å². The standard InChI is InChI=1S/C15H27N/c1-10(2)13(7)16(14(8)11(3)4)15(9)12(5)6/h13-15H,1,3,5H2,2,4,6-9H3. The second-order valence-corrected chi connectivity index (χ2v) is 5.01. The summed E-state index contributed by atoms with van der Waals surface area (Å²) in [7, 11) is 0. The Balaban J connectivity index is 5.12. The van der Waals surface area contributed by atoms with Crippen molar-refractivity contribution in [1.29, 1.82) is 0 Å². The van der Waals surface area contributed by atoms with E-state index in [4.69, 9.17) is 0 Å². The molecule has 0 amide bonds. The Morgan fingerprint density at radius 3 is 1.00 bits per heavy atom. The molecule has 0 fully saturated rings. The van der Waals surface area contributed by atoms with Crippen LogP contribution in [0.1, 0.15) is 41.5 Å². The van der Waals surface area contributed by atoms with Crippen LogP contribution >= 0.6 is 0 Å². The van der Waals surface area contributed by atoms with Gasteiger partial charge in [0.25, 0.3) is 0 Å². The van der Waals surface area contributed by atoms with Crippen molar-refractivity contribution in [2.45, 2.75) is 59.7 Å². The van der Waals surface area contributed by atoms with Crippen molar-refractivity contribution in [1.82, 2.24) is 4.90 Å².